The van der Waals surface area contributed by atoms with Gasteiger partial charge in [-0.15, -0.1) is 0 Å². The first-order valence-corrected chi connectivity index (χ1v) is 8.46. The maximum atomic E-state index is 11.7. The number of esters is 2. The van der Waals surface area contributed by atoms with Gasteiger partial charge in [-0.25, -0.2) is 4.79 Å². The van der Waals surface area contributed by atoms with Crippen molar-refractivity contribution in [1.82, 2.24) is 4.90 Å². The van der Waals surface area contributed by atoms with Gasteiger partial charge < -0.3 is 19.1 Å². The van der Waals surface area contributed by atoms with E-state index in [4.69, 9.17) is 14.2 Å². The molecule has 1 aromatic carbocycles. The van der Waals surface area contributed by atoms with E-state index in [0.29, 0.717) is 6.42 Å². The predicted molar refractivity (Wildman–Crippen MR) is 95.3 cm³/mol. The van der Waals surface area contributed by atoms with Crippen molar-refractivity contribution in [3.8, 4) is 0 Å². The topological polar surface area (TPSA) is 82.1 Å². The van der Waals surface area contributed by atoms with Crippen molar-refractivity contribution in [2.75, 3.05) is 20.2 Å². The summed E-state index contributed by atoms with van der Waals surface area (Å²) in [4.78, 5) is 36.2. The van der Waals surface area contributed by atoms with Crippen LogP contribution < -0.4 is 0 Å². The van der Waals surface area contributed by atoms with Gasteiger partial charge in [0.2, 0.25) is 0 Å². The van der Waals surface area contributed by atoms with Crippen LogP contribution in [0.1, 0.15) is 39.2 Å². The van der Waals surface area contributed by atoms with Crippen LogP contribution in [0.3, 0.4) is 0 Å². The molecule has 1 rings (SSSR count). The van der Waals surface area contributed by atoms with Gasteiger partial charge in [0.05, 0.1) is 6.61 Å². The highest BCUT2D eigenvalue weighted by molar-refractivity contribution is 5.78. The van der Waals surface area contributed by atoms with Crippen molar-refractivity contribution in [3.05, 3.63) is 35.9 Å². The Kier molecular flexibility index (Phi) is 8.61. The number of likely N-dealkylation sites (N-methyl/N-ethyl adjacent to an activating group) is 1. The van der Waals surface area contributed by atoms with Crippen molar-refractivity contribution < 1.29 is 28.6 Å². The zero-order valence-corrected chi connectivity index (χ0v) is 15.8. The van der Waals surface area contributed by atoms with E-state index >= 15 is 0 Å². The molecule has 0 aliphatic rings. The van der Waals surface area contributed by atoms with Gasteiger partial charge in [-0.3, -0.25) is 9.59 Å². The second-order valence-corrected chi connectivity index (χ2v) is 6.81. The van der Waals surface area contributed by atoms with E-state index in [2.05, 4.69) is 0 Å². The Hall–Kier alpha value is -2.57. The molecule has 0 spiro atoms. The number of nitrogens with zero attached hydrogens (tertiary/aromatic N) is 1. The number of ether oxygens (including phenoxy) is 3. The minimum absolute atomic E-state index is 0.0848. The van der Waals surface area contributed by atoms with Gasteiger partial charge in [-0.1, -0.05) is 30.3 Å². The van der Waals surface area contributed by atoms with Gasteiger partial charge in [-0.05, 0) is 32.8 Å². The lowest BCUT2D eigenvalue weighted by Gasteiger charge is -2.24. The maximum Gasteiger partial charge on any atom is 0.410 e. The Morgan fingerprint density at radius 3 is 2.27 bits per heavy atom. The van der Waals surface area contributed by atoms with Gasteiger partial charge in [0.15, 0.2) is 0 Å². The lowest BCUT2D eigenvalue weighted by atomic mass is 10.2. The molecule has 0 fully saturated rings. The van der Waals surface area contributed by atoms with Crippen molar-refractivity contribution in [2.24, 2.45) is 0 Å². The average Bonchev–Trinajstić information content (AvgIpc) is 2.56. The standard InChI is InChI=1S/C19H27NO6/c1-19(2,3)26-18(23)20(4)13-17(22)24-12-8-11-16(21)25-14-15-9-6-5-7-10-15/h5-7,9-10H,8,11-14H2,1-4H3. The van der Waals surface area contributed by atoms with E-state index in [1.165, 1.54) is 7.05 Å². The zero-order valence-electron chi connectivity index (χ0n) is 15.8. The number of hydrogen-bond acceptors (Lipinski definition) is 6. The summed E-state index contributed by atoms with van der Waals surface area (Å²) < 4.78 is 15.3. The summed E-state index contributed by atoms with van der Waals surface area (Å²) in [5.74, 6) is -0.910. The van der Waals surface area contributed by atoms with E-state index in [1.807, 2.05) is 30.3 Å². The molecule has 0 aliphatic carbocycles. The number of amides is 1. The van der Waals surface area contributed by atoms with Crippen LogP contribution in [0.15, 0.2) is 30.3 Å². The smallest absolute Gasteiger partial charge is 0.410 e. The van der Waals surface area contributed by atoms with Crippen LogP contribution in [0, 0.1) is 0 Å². The summed E-state index contributed by atoms with van der Waals surface area (Å²) in [5.41, 5.74) is 0.285. The minimum Gasteiger partial charge on any atom is -0.464 e. The average molecular weight is 365 g/mol. The Morgan fingerprint density at radius 1 is 1.00 bits per heavy atom. The van der Waals surface area contributed by atoms with Gasteiger partial charge in [-0.2, -0.15) is 0 Å². The van der Waals surface area contributed by atoms with Crippen molar-refractivity contribution in [1.29, 1.82) is 0 Å². The van der Waals surface area contributed by atoms with E-state index in [-0.39, 0.29) is 32.1 Å². The van der Waals surface area contributed by atoms with Gasteiger partial charge >= 0.3 is 18.0 Å². The highest BCUT2D eigenvalue weighted by Crippen LogP contribution is 2.09. The predicted octanol–water partition coefficient (Wildman–Crippen LogP) is 2.92. The third-order valence-electron chi connectivity index (χ3n) is 3.10. The quantitative estimate of drug-likeness (QED) is 0.400. The van der Waals surface area contributed by atoms with Crippen LogP contribution >= 0.6 is 0 Å². The molecule has 0 unspecified atom stereocenters. The molecule has 144 valence electrons. The molecular formula is C19H27NO6. The number of rotatable bonds is 8. The third kappa shape index (κ3) is 9.66. The summed E-state index contributed by atoms with van der Waals surface area (Å²) >= 11 is 0. The fourth-order valence-electron chi connectivity index (χ4n) is 1.86. The molecule has 7 nitrogen and oxygen atoms in total. The zero-order chi connectivity index (χ0) is 19.6. The van der Waals surface area contributed by atoms with Crippen LogP contribution in [0.2, 0.25) is 0 Å². The SMILES string of the molecule is CN(CC(=O)OCCCC(=O)OCc1ccccc1)C(=O)OC(C)(C)C. The molecule has 0 heterocycles. The Balaban J connectivity index is 2.15. The van der Waals surface area contributed by atoms with Crippen LogP contribution in [-0.4, -0.2) is 48.7 Å². The number of carbonyl (C=O) groups is 3. The molecule has 0 radical (unpaired) electrons. The first kappa shape index (κ1) is 21.5. The van der Waals surface area contributed by atoms with Crippen LogP contribution in [0.4, 0.5) is 4.79 Å². The summed E-state index contributed by atoms with van der Waals surface area (Å²) in [6, 6.07) is 9.38. The van der Waals surface area contributed by atoms with Gasteiger partial charge in [0.25, 0.3) is 0 Å². The fraction of sp³-hybridized carbons (Fsp3) is 0.526. The maximum absolute atomic E-state index is 11.7. The second kappa shape index (κ2) is 10.4. The molecule has 0 bridgehead atoms. The van der Waals surface area contributed by atoms with Crippen molar-refractivity contribution in [3.63, 3.8) is 0 Å². The highest BCUT2D eigenvalue weighted by atomic mass is 16.6. The van der Waals surface area contributed by atoms with E-state index in [9.17, 15) is 14.4 Å². The molecular weight excluding hydrogens is 338 g/mol. The van der Waals surface area contributed by atoms with Gasteiger partial charge in [0.1, 0.15) is 18.8 Å². The first-order valence-electron chi connectivity index (χ1n) is 8.46. The van der Waals surface area contributed by atoms with E-state index in [0.717, 1.165) is 10.5 Å². The molecule has 0 atom stereocenters. The van der Waals surface area contributed by atoms with Crippen LogP contribution in [0.5, 0.6) is 0 Å². The minimum atomic E-state index is -0.630. The molecule has 7 heteroatoms. The molecule has 0 N–H and O–H groups in total. The molecule has 0 aliphatic heterocycles. The summed E-state index contributed by atoms with van der Waals surface area (Å²) in [6.45, 7) is 5.32. The van der Waals surface area contributed by atoms with Crippen molar-refractivity contribution >= 4 is 18.0 Å². The Bertz CT molecular complexity index is 594. The largest absolute Gasteiger partial charge is 0.464 e. The lowest BCUT2D eigenvalue weighted by molar-refractivity contribution is -0.148. The van der Waals surface area contributed by atoms with E-state index in [1.54, 1.807) is 20.8 Å². The van der Waals surface area contributed by atoms with Crippen LogP contribution in [-0.2, 0) is 30.4 Å². The van der Waals surface area contributed by atoms with Crippen molar-refractivity contribution in [2.45, 2.75) is 45.8 Å². The Labute approximate surface area is 154 Å². The monoisotopic (exact) mass is 365 g/mol. The molecule has 0 aromatic heterocycles. The molecule has 1 aromatic rings. The summed E-state index contributed by atoms with van der Waals surface area (Å²) in [5, 5.41) is 0. The normalized spacial score (nSPS) is 10.8. The first-order chi connectivity index (χ1) is 12.2. The molecule has 1 amide bonds. The fourth-order valence-corrected chi connectivity index (χ4v) is 1.86. The number of carbonyl (C=O) groups excluding carboxylic acids is 3. The third-order valence-corrected chi connectivity index (χ3v) is 3.10. The second-order valence-electron chi connectivity index (χ2n) is 6.81. The Morgan fingerprint density at radius 2 is 1.65 bits per heavy atom. The van der Waals surface area contributed by atoms with Crippen LogP contribution in [0.25, 0.3) is 0 Å². The lowest BCUT2D eigenvalue weighted by Crippen LogP contribution is -2.37. The summed E-state index contributed by atoms with van der Waals surface area (Å²) in [7, 11) is 1.45. The molecule has 0 saturated heterocycles. The molecule has 26 heavy (non-hydrogen) atoms. The molecule has 0 saturated carbocycles. The summed E-state index contributed by atoms with van der Waals surface area (Å²) in [6.07, 6.45) is -0.0868. The number of hydrogen-bond donors (Lipinski definition) is 0. The highest BCUT2D eigenvalue weighted by Gasteiger charge is 2.21. The van der Waals surface area contributed by atoms with E-state index < -0.39 is 17.7 Å². The number of benzene rings is 1. The van der Waals surface area contributed by atoms with Gasteiger partial charge in [0, 0.05) is 13.5 Å².